The van der Waals surface area contributed by atoms with Gasteiger partial charge in [-0.2, -0.15) is 0 Å². The van der Waals surface area contributed by atoms with Crippen molar-refractivity contribution in [2.45, 2.75) is 0 Å². The third kappa shape index (κ3) is 4.84. The molecule has 0 aliphatic heterocycles. The lowest BCUT2D eigenvalue weighted by Gasteiger charge is -2.05. The number of hydrogen-bond donors (Lipinski definition) is 0. The lowest BCUT2D eigenvalue weighted by Crippen LogP contribution is -1.79. The van der Waals surface area contributed by atoms with Gasteiger partial charge < -0.3 is 0 Å². The fourth-order valence-electron chi connectivity index (χ4n) is 6.72. The van der Waals surface area contributed by atoms with Gasteiger partial charge in [0.15, 0.2) is 0 Å². The van der Waals surface area contributed by atoms with Gasteiger partial charge in [0.25, 0.3) is 0 Å². The number of rotatable bonds is 5. The number of benzene rings is 6. The van der Waals surface area contributed by atoms with Gasteiger partial charge in [0.05, 0.1) is 0 Å². The molecule has 4 heteroatoms. The van der Waals surface area contributed by atoms with E-state index < -0.39 is 0 Å². The Morgan fingerprint density at radius 3 is 1.04 bits per heavy atom. The maximum absolute atomic E-state index is 2.35. The Kier molecular flexibility index (Phi) is 6.70. The SMILES string of the molecule is c1ccc2c(c1)sc1ccc(-c3ccc(-c4ccc(-c5ccc(-c6ccc(-c7ccc8sc9ccccc9c8c7)cc6)s5)s4)cc3)cc12. The second kappa shape index (κ2) is 11.4. The highest BCUT2D eigenvalue weighted by Gasteiger charge is 2.12. The molecule has 0 aliphatic carbocycles. The molecule has 0 spiro atoms. The minimum Gasteiger partial charge on any atom is -0.135 e. The molecule has 0 unspecified atom stereocenters. The molecule has 0 saturated heterocycles. The summed E-state index contributed by atoms with van der Waals surface area (Å²) in [6.07, 6.45) is 0. The van der Waals surface area contributed by atoms with Crippen molar-refractivity contribution in [1.29, 1.82) is 0 Å². The summed E-state index contributed by atoms with van der Waals surface area (Å²) in [5, 5.41) is 5.38. The van der Waals surface area contributed by atoms with Crippen LogP contribution in [0.25, 0.3) is 93.2 Å². The highest BCUT2D eigenvalue weighted by Crippen LogP contribution is 2.42. The quantitative estimate of drug-likeness (QED) is 0.169. The second-order valence-electron chi connectivity index (χ2n) is 12.1. The zero-order valence-corrected chi connectivity index (χ0v) is 28.9. The van der Waals surface area contributed by atoms with E-state index >= 15 is 0 Å². The van der Waals surface area contributed by atoms with E-state index in [4.69, 9.17) is 0 Å². The molecule has 6 aromatic carbocycles. The Bertz CT molecular complexity index is 2570. The van der Waals surface area contributed by atoms with Crippen LogP contribution in [0, 0.1) is 0 Å². The number of hydrogen-bond acceptors (Lipinski definition) is 4. The molecular weight excluding hydrogens is 657 g/mol. The zero-order valence-electron chi connectivity index (χ0n) is 25.6. The standard InChI is InChI=1S/C44H26S4/c1-3-7-39-33(5-1)35-25-31(17-19-41(35)47-39)27-9-13-29(14-10-27)37-21-23-43(45-37)44-24-22-38(46-44)30-15-11-28(12-16-30)32-18-20-42-36(26-32)34-6-2-4-8-40(34)48-42/h1-26H. The van der Waals surface area contributed by atoms with Gasteiger partial charge in [0, 0.05) is 59.9 Å². The van der Waals surface area contributed by atoms with Crippen LogP contribution in [0.4, 0.5) is 0 Å². The van der Waals surface area contributed by atoms with Crippen LogP contribution in [0.3, 0.4) is 0 Å². The Labute approximate surface area is 294 Å². The highest BCUT2D eigenvalue weighted by molar-refractivity contribution is 7.26. The highest BCUT2D eigenvalue weighted by atomic mass is 32.1. The van der Waals surface area contributed by atoms with Gasteiger partial charge in [-0.25, -0.2) is 0 Å². The fourth-order valence-corrected chi connectivity index (χ4v) is 11.0. The summed E-state index contributed by atoms with van der Waals surface area (Å²) in [6, 6.07) is 58.3. The molecule has 0 fully saturated rings. The Morgan fingerprint density at radius 1 is 0.229 bits per heavy atom. The van der Waals surface area contributed by atoms with Gasteiger partial charge >= 0.3 is 0 Å². The van der Waals surface area contributed by atoms with Gasteiger partial charge in [-0.3, -0.25) is 0 Å². The molecule has 48 heavy (non-hydrogen) atoms. The van der Waals surface area contributed by atoms with E-state index in [0.29, 0.717) is 0 Å². The third-order valence-corrected chi connectivity index (χ3v) is 14.0. The van der Waals surface area contributed by atoms with Gasteiger partial charge in [-0.1, -0.05) is 97.1 Å². The zero-order chi connectivity index (χ0) is 31.6. The molecule has 0 N–H and O–H groups in total. The Balaban J connectivity index is 0.880. The molecule has 0 radical (unpaired) electrons. The first-order valence-electron chi connectivity index (χ1n) is 16.0. The van der Waals surface area contributed by atoms with Crippen molar-refractivity contribution in [3.05, 3.63) is 158 Å². The van der Waals surface area contributed by atoms with Crippen molar-refractivity contribution in [2.24, 2.45) is 0 Å². The first-order valence-corrected chi connectivity index (χ1v) is 19.2. The van der Waals surface area contributed by atoms with E-state index in [2.05, 4.69) is 158 Å². The van der Waals surface area contributed by atoms with E-state index in [-0.39, 0.29) is 0 Å². The van der Waals surface area contributed by atoms with Crippen LogP contribution in [-0.2, 0) is 0 Å². The molecular formula is C44H26S4. The minimum atomic E-state index is 1.25. The van der Waals surface area contributed by atoms with Crippen LogP contribution in [0.5, 0.6) is 0 Å². The summed E-state index contributed by atoms with van der Waals surface area (Å²) in [7, 11) is 0. The maximum Gasteiger partial charge on any atom is 0.0449 e. The topological polar surface area (TPSA) is 0 Å². The predicted molar refractivity (Wildman–Crippen MR) is 215 cm³/mol. The molecule has 10 rings (SSSR count). The van der Waals surface area contributed by atoms with E-state index in [9.17, 15) is 0 Å². The summed E-state index contributed by atoms with van der Waals surface area (Å²) in [6.45, 7) is 0. The molecule has 0 amide bonds. The second-order valence-corrected chi connectivity index (χ2v) is 16.4. The third-order valence-electron chi connectivity index (χ3n) is 9.21. The number of fused-ring (bicyclic) bond motifs is 6. The number of thiophene rings is 4. The molecule has 0 atom stereocenters. The van der Waals surface area contributed by atoms with Crippen LogP contribution >= 0.6 is 45.3 Å². The van der Waals surface area contributed by atoms with Crippen molar-refractivity contribution >= 4 is 85.7 Å². The van der Waals surface area contributed by atoms with E-state index in [1.54, 1.807) is 0 Å². The lowest BCUT2D eigenvalue weighted by atomic mass is 10.0. The maximum atomic E-state index is 2.35. The fraction of sp³-hybridized carbons (Fsp3) is 0. The molecule has 10 aromatic rings. The first kappa shape index (κ1) is 28.2. The van der Waals surface area contributed by atoms with Gasteiger partial charge in [0.1, 0.15) is 0 Å². The van der Waals surface area contributed by atoms with Crippen molar-refractivity contribution in [3.8, 4) is 52.9 Å². The normalized spacial score (nSPS) is 11.8. The Hall–Kier alpha value is -4.84. The molecule has 0 aliphatic rings. The van der Waals surface area contributed by atoms with Gasteiger partial charge in [0.2, 0.25) is 0 Å². The van der Waals surface area contributed by atoms with Crippen LogP contribution in [0.15, 0.2) is 158 Å². The van der Waals surface area contributed by atoms with Crippen molar-refractivity contribution in [3.63, 3.8) is 0 Å². The molecule has 226 valence electrons. The Morgan fingerprint density at radius 2 is 0.583 bits per heavy atom. The average molecular weight is 683 g/mol. The van der Waals surface area contributed by atoms with Crippen molar-refractivity contribution in [2.75, 3.05) is 0 Å². The van der Waals surface area contributed by atoms with E-state index in [1.165, 1.54) is 93.2 Å². The predicted octanol–water partition coefficient (Wildman–Crippen LogP) is 14.9. The van der Waals surface area contributed by atoms with Gasteiger partial charge in [-0.15, -0.1) is 45.3 Å². The molecule has 4 aromatic heterocycles. The molecule has 0 nitrogen and oxygen atoms in total. The molecule has 0 saturated carbocycles. The van der Waals surface area contributed by atoms with Crippen LogP contribution in [0.1, 0.15) is 0 Å². The summed E-state index contributed by atoms with van der Waals surface area (Å²) >= 11 is 7.47. The van der Waals surface area contributed by atoms with Gasteiger partial charge in [-0.05, 0) is 94.0 Å². The molecule has 0 bridgehead atoms. The van der Waals surface area contributed by atoms with E-state index in [0.717, 1.165) is 0 Å². The summed E-state index contributed by atoms with van der Waals surface area (Å²) in [5.41, 5.74) is 7.56. The van der Waals surface area contributed by atoms with Crippen molar-refractivity contribution in [1.82, 2.24) is 0 Å². The largest absolute Gasteiger partial charge is 0.135 e. The summed E-state index contributed by atoms with van der Waals surface area (Å²) in [5.74, 6) is 0. The average Bonchev–Trinajstić information content (AvgIpc) is 3.96. The molecule has 4 heterocycles. The lowest BCUT2D eigenvalue weighted by molar-refractivity contribution is 1.65. The monoisotopic (exact) mass is 682 g/mol. The van der Waals surface area contributed by atoms with E-state index in [1.807, 2.05) is 45.3 Å². The summed E-state index contributed by atoms with van der Waals surface area (Å²) in [4.78, 5) is 5.22. The first-order chi connectivity index (χ1) is 23.7. The summed E-state index contributed by atoms with van der Waals surface area (Å²) < 4.78 is 5.39. The van der Waals surface area contributed by atoms with Crippen LogP contribution < -0.4 is 0 Å². The van der Waals surface area contributed by atoms with Crippen LogP contribution in [0.2, 0.25) is 0 Å². The minimum absolute atomic E-state index is 1.25. The smallest absolute Gasteiger partial charge is 0.0449 e. The van der Waals surface area contributed by atoms with Crippen LogP contribution in [-0.4, -0.2) is 0 Å². The van der Waals surface area contributed by atoms with Crippen molar-refractivity contribution < 1.29 is 0 Å².